The first kappa shape index (κ1) is 13.5. The molecule has 1 aliphatic heterocycles. The number of nitrogens with zero attached hydrogens (tertiary/aromatic N) is 1. The van der Waals surface area contributed by atoms with E-state index < -0.39 is 12.0 Å². The second-order valence-electron chi connectivity index (χ2n) is 4.78. The molecule has 2 atom stereocenters. The molecule has 19 heavy (non-hydrogen) atoms. The van der Waals surface area contributed by atoms with Gasteiger partial charge in [-0.25, -0.2) is 0 Å². The van der Waals surface area contributed by atoms with Gasteiger partial charge in [-0.15, -0.1) is 0 Å². The Bertz CT molecular complexity index is 467. The van der Waals surface area contributed by atoms with E-state index in [4.69, 9.17) is 0 Å². The van der Waals surface area contributed by atoms with Gasteiger partial charge in [-0.1, -0.05) is 13.2 Å². The molecule has 0 radical (unpaired) electrons. The maximum absolute atomic E-state index is 12.5. The second kappa shape index (κ2) is 5.40. The lowest BCUT2D eigenvalue weighted by Gasteiger charge is -2.32. The van der Waals surface area contributed by atoms with Gasteiger partial charge in [0.1, 0.15) is 6.54 Å². The minimum Gasteiger partial charge on any atom is -0.392 e. The molecule has 2 unspecified atom stereocenters. The van der Waals surface area contributed by atoms with Gasteiger partial charge in [0.05, 0.1) is 23.4 Å². The molecule has 1 heterocycles. The van der Waals surface area contributed by atoms with Crippen molar-refractivity contribution in [1.82, 2.24) is 10.2 Å². The molecule has 0 spiro atoms. The van der Waals surface area contributed by atoms with Crippen molar-refractivity contribution in [2.24, 2.45) is 5.92 Å². The predicted octanol–water partition coefficient (Wildman–Crippen LogP) is 0.689. The number of amides is 2. The van der Waals surface area contributed by atoms with Crippen LogP contribution in [0, 0.1) is 5.92 Å². The number of allylic oxidation sites excluding steroid dienone is 2. The Labute approximate surface area is 112 Å². The zero-order valence-electron chi connectivity index (χ0n) is 10.8. The average Bonchev–Trinajstić information content (AvgIpc) is 2.83. The van der Waals surface area contributed by atoms with Crippen molar-refractivity contribution < 1.29 is 14.7 Å². The van der Waals surface area contributed by atoms with Gasteiger partial charge in [0, 0.05) is 0 Å². The van der Waals surface area contributed by atoms with Crippen LogP contribution in [0.25, 0.3) is 0 Å². The van der Waals surface area contributed by atoms with Crippen LogP contribution in [0.5, 0.6) is 0 Å². The monoisotopic (exact) mass is 262 g/mol. The van der Waals surface area contributed by atoms with Crippen molar-refractivity contribution >= 4 is 11.8 Å². The predicted molar refractivity (Wildman–Crippen MR) is 70.6 cm³/mol. The summed E-state index contributed by atoms with van der Waals surface area (Å²) in [4.78, 5) is 25.5. The Morgan fingerprint density at radius 3 is 2.63 bits per heavy atom. The molecule has 0 aromatic rings. The fourth-order valence-electron chi connectivity index (χ4n) is 2.63. The van der Waals surface area contributed by atoms with Crippen LogP contribution in [0.4, 0.5) is 0 Å². The summed E-state index contributed by atoms with van der Waals surface area (Å²) >= 11 is 0. The number of rotatable bonds is 3. The van der Waals surface area contributed by atoms with Crippen LogP contribution in [0.15, 0.2) is 36.7 Å². The van der Waals surface area contributed by atoms with Crippen LogP contribution in [-0.4, -0.2) is 34.5 Å². The van der Waals surface area contributed by atoms with Crippen LogP contribution >= 0.6 is 0 Å². The van der Waals surface area contributed by atoms with Crippen LogP contribution < -0.4 is 5.32 Å². The molecule has 1 saturated carbocycles. The van der Waals surface area contributed by atoms with Crippen LogP contribution in [-0.2, 0) is 9.59 Å². The van der Waals surface area contributed by atoms with Crippen molar-refractivity contribution in [3.8, 4) is 0 Å². The lowest BCUT2D eigenvalue weighted by atomic mass is 10.0. The summed E-state index contributed by atoms with van der Waals surface area (Å²) < 4.78 is 0. The molecule has 2 amide bonds. The fourth-order valence-corrected chi connectivity index (χ4v) is 2.63. The molecule has 0 bridgehead atoms. The second-order valence-corrected chi connectivity index (χ2v) is 4.78. The number of aliphatic hydroxyl groups is 1. The van der Waals surface area contributed by atoms with Gasteiger partial charge in [0.2, 0.25) is 11.8 Å². The number of hydrogen-bond donors (Lipinski definition) is 2. The van der Waals surface area contributed by atoms with Crippen molar-refractivity contribution in [3.63, 3.8) is 0 Å². The third-order valence-electron chi connectivity index (χ3n) is 3.60. The van der Waals surface area contributed by atoms with E-state index >= 15 is 0 Å². The SMILES string of the molecule is C=CC1=C(C=C)N(C(=O)C2CCCC2O)CC(=O)N1. The van der Waals surface area contributed by atoms with Crippen LogP contribution in [0.3, 0.4) is 0 Å². The maximum Gasteiger partial charge on any atom is 0.244 e. The summed E-state index contributed by atoms with van der Waals surface area (Å²) in [6.45, 7) is 7.25. The first-order valence-electron chi connectivity index (χ1n) is 6.37. The quantitative estimate of drug-likeness (QED) is 0.786. The van der Waals surface area contributed by atoms with Crippen molar-refractivity contribution in [1.29, 1.82) is 0 Å². The third-order valence-corrected chi connectivity index (χ3v) is 3.60. The van der Waals surface area contributed by atoms with Gasteiger partial charge < -0.3 is 15.3 Å². The molecule has 5 nitrogen and oxygen atoms in total. The highest BCUT2D eigenvalue weighted by atomic mass is 16.3. The molecule has 0 aromatic heterocycles. The van der Waals surface area contributed by atoms with Gasteiger partial charge in [-0.3, -0.25) is 9.59 Å². The van der Waals surface area contributed by atoms with Gasteiger partial charge in [-0.2, -0.15) is 0 Å². The molecule has 2 aliphatic rings. The lowest BCUT2D eigenvalue weighted by Crippen LogP contribution is -2.48. The van der Waals surface area contributed by atoms with E-state index in [0.717, 1.165) is 6.42 Å². The normalized spacial score (nSPS) is 27.2. The fraction of sp³-hybridized carbons (Fsp3) is 0.429. The van der Waals surface area contributed by atoms with Crippen LogP contribution in [0.2, 0.25) is 0 Å². The first-order chi connectivity index (χ1) is 9.08. The van der Waals surface area contributed by atoms with Gasteiger partial charge in [-0.05, 0) is 31.4 Å². The minimum absolute atomic E-state index is 0.0409. The van der Waals surface area contributed by atoms with E-state index in [0.29, 0.717) is 24.2 Å². The standard InChI is InChI=1S/C14H18N2O3/c1-3-10-11(4-2)16(8-13(18)15-10)14(19)9-6-5-7-12(9)17/h3-4,9,12,17H,1-2,5-8H2,(H,15,18). The Morgan fingerprint density at radius 1 is 1.37 bits per heavy atom. The smallest absolute Gasteiger partial charge is 0.244 e. The van der Waals surface area contributed by atoms with Crippen molar-refractivity contribution in [2.75, 3.05) is 6.54 Å². The van der Waals surface area contributed by atoms with E-state index in [1.807, 2.05) is 0 Å². The molecular weight excluding hydrogens is 244 g/mol. The highest BCUT2D eigenvalue weighted by Crippen LogP contribution is 2.29. The minimum atomic E-state index is -0.615. The third kappa shape index (κ3) is 2.46. The molecule has 1 fully saturated rings. The maximum atomic E-state index is 12.5. The zero-order chi connectivity index (χ0) is 14.0. The van der Waals surface area contributed by atoms with Gasteiger partial charge in [0.15, 0.2) is 0 Å². The summed E-state index contributed by atoms with van der Waals surface area (Å²) in [6, 6.07) is 0. The molecule has 1 aliphatic carbocycles. The zero-order valence-corrected chi connectivity index (χ0v) is 10.8. The number of carbonyl (C=O) groups excluding carboxylic acids is 2. The first-order valence-corrected chi connectivity index (χ1v) is 6.37. The van der Waals surface area contributed by atoms with Crippen molar-refractivity contribution in [2.45, 2.75) is 25.4 Å². The number of hydrogen-bond acceptors (Lipinski definition) is 3. The van der Waals surface area contributed by atoms with Crippen molar-refractivity contribution in [3.05, 3.63) is 36.7 Å². The topological polar surface area (TPSA) is 69.6 Å². The molecule has 102 valence electrons. The van der Waals surface area contributed by atoms with Crippen LogP contribution in [0.1, 0.15) is 19.3 Å². The molecule has 0 saturated heterocycles. The summed E-state index contributed by atoms with van der Waals surface area (Å²) in [5, 5.41) is 12.5. The van der Waals surface area contributed by atoms with Gasteiger partial charge >= 0.3 is 0 Å². The molecule has 0 aromatic carbocycles. The summed E-state index contributed by atoms with van der Waals surface area (Å²) in [5.41, 5.74) is 1.02. The summed E-state index contributed by atoms with van der Waals surface area (Å²) in [7, 11) is 0. The molecule has 2 rings (SSSR count). The van der Waals surface area contributed by atoms with E-state index in [1.165, 1.54) is 17.1 Å². The molecule has 2 N–H and O–H groups in total. The highest BCUT2D eigenvalue weighted by Gasteiger charge is 2.37. The van der Waals surface area contributed by atoms with E-state index in [-0.39, 0.29) is 18.4 Å². The summed E-state index contributed by atoms with van der Waals surface area (Å²) in [6.07, 6.45) is 4.52. The van der Waals surface area contributed by atoms with E-state index in [9.17, 15) is 14.7 Å². The Hall–Kier alpha value is -1.88. The number of aliphatic hydroxyl groups excluding tert-OH is 1. The Kier molecular flexibility index (Phi) is 3.85. The largest absolute Gasteiger partial charge is 0.392 e. The lowest BCUT2D eigenvalue weighted by molar-refractivity contribution is -0.140. The summed E-state index contributed by atoms with van der Waals surface area (Å²) in [5.74, 6) is -0.901. The number of nitrogens with one attached hydrogen (secondary N) is 1. The van der Waals surface area contributed by atoms with Gasteiger partial charge in [0.25, 0.3) is 0 Å². The molecular formula is C14H18N2O3. The van der Waals surface area contributed by atoms with E-state index in [1.54, 1.807) is 0 Å². The highest BCUT2D eigenvalue weighted by molar-refractivity contribution is 5.91. The van der Waals surface area contributed by atoms with E-state index in [2.05, 4.69) is 18.5 Å². The Morgan fingerprint density at radius 2 is 2.11 bits per heavy atom. The average molecular weight is 262 g/mol. The Balaban J connectivity index is 2.31. The number of carbonyl (C=O) groups is 2. The molecule has 5 heteroatoms.